The smallest absolute Gasteiger partial charge is 0.219 e. The Morgan fingerprint density at radius 1 is 0.971 bits per heavy atom. The third-order valence-corrected chi connectivity index (χ3v) is 4.92. The summed E-state index contributed by atoms with van der Waals surface area (Å²) in [6.07, 6.45) is 1.74. The molecule has 8 heteroatoms. The maximum Gasteiger partial charge on any atom is 0.219 e. The molecule has 1 unspecified atom stereocenters. The van der Waals surface area contributed by atoms with E-state index >= 15 is 0 Å². The number of aliphatic imine (C=N–C) groups is 1. The van der Waals surface area contributed by atoms with Crippen LogP contribution in [0.4, 0.5) is 0 Å². The molecule has 0 aliphatic heterocycles. The Bertz CT molecular complexity index is 1030. The summed E-state index contributed by atoms with van der Waals surface area (Å²) in [5.41, 5.74) is 0.766. The molecule has 0 saturated carbocycles. The van der Waals surface area contributed by atoms with Gasteiger partial charge in [-0.3, -0.25) is 0 Å². The van der Waals surface area contributed by atoms with Crippen molar-refractivity contribution in [3.05, 3.63) is 84.1 Å². The van der Waals surface area contributed by atoms with Crippen molar-refractivity contribution >= 4 is 29.9 Å². The molecule has 0 bridgehead atoms. The molecule has 182 valence electrons. The number of benzene rings is 2. The summed E-state index contributed by atoms with van der Waals surface area (Å²) in [6.45, 7) is 7.76. The number of aliphatic hydroxyl groups is 1. The zero-order valence-electron chi connectivity index (χ0n) is 19.8. The van der Waals surface area contributed by atoms with E-state index in [1.54, 1.807) is 13.1 Å². The largest absolute Gasteiger partial charge is 0.490 e. The number of hydrogen-bond acceptors (Lipinski definition) is 5. The predicted molar refractivity (Wildman–Crippen MR) is 146 cm³/mol. The number of ether oxygens (including phenoxy) is 2. The maximum atomic E-state index is 10.8. The fourth-order valence-electron chi connectivity index (χ4n) is 3.15. The van der Waals surface area contributed by atoms with Crippen LogP contribution in [0.2, 0.25) is 0 Å². The Hall–Kier alpha value is -2.85. The van der Waals surface area contributed by atoms with Gasteiger partial charge in [0.2, 0.25) is 5.88 Å². The van der Waals surface area contributed by atoms with Crippen molar-refractivity contribution in [1.82, 2.24) is 15.6 Å². The quantitative estimate of drug-likeness (QED) is 0.182. The molecule has 1 heterocycles. The highest BCUT2D eigenvalue weighted by molar-refractivity contribution is 14.0. The van der Waals surface area contributed by atoms with E-state index in [0.29, 0.717) is 49.6 Å². The number of rotatable bonds is 10. The van der Waals surface area contributed by atoms with Crippen molar-refractivity contribution in [3.8, 4) is 17.4 Å². The topological polar surface area (TPSA) is 88.0 Å². The molecule has 3 aromatic rings. The fraction of sp³-hybridized carbons (Fsp3) is 0.308. The van der Waals surface area contributed by atoms with Gasteiger partial charge in [0.25, 0.3) is 0 Å². The zero-order chi connectivity index (χ0) is 23.5. The minimum absolute atomic E-state index is 0. The van der Waals surface area contributed by atoms with Crippen molar-refractivity contribution in [1.29, 1.82) is 0 Å². The van der Waals surface area contributed by atoms with Crippen molar-refractivity contribution in [2.45, 2.75) is 32.9 Å². The molecule has 34 heavy (non-hydrogen) atoms. The first kappa shape index (κ1) is 27.4. The molecule has 1 atom stereocenters. The van der Waals surface area contributed by atoms with Gasteiger partial charge in [0, 0.05) is 18.8 Å². The van der Waals surface area contributed by atoms with E-state index < -0.39 is 5.60 Å². The second-order valence-corrected chi connectivity index (χ2v) is 7.68. The van der Waals surface area contributed by atoms with E-state index in [2.05, 4.69) is 20.6 Å². The predicted octanol–water partition coefficient (Wildman–Crippen LogP) is 4.85. The molecule has 3 rings (SSSR count). The first-order valence-electron chi connectivity index (χ1n) is 11.2. The molecule has 0 amide bonds. The zero-order valence-corrected chi connectivity index (χ0v) is 22.2. The average Bonchev–Trinajstić information content (AvgIpc) is 2.84. The Kier molecular flexibility index (Phi) is 11.1. The lowest BCUT2D eigenvalue weighted by Crippen LogP contribution is -2.44. The molecule has 2 aromatic carbocycles. The maximum absolute atomic E-state index is 10.8. The number of nitrogens with zero attached hydrogens (tertiary/aromatic N) is 2. The number of halogens is 1. The molecular formula is C26H33IN4O3. The van der Waals surface area contributed by atoms with E-state index in [9.17, 15) is 5.11 Å². The van der Waals surface area contributed by atoms with Crippen LogP contribution in [0.15, 0.2) is 77.9 Å². The lowest BCUT2D eigenvalue weighted by Gasteiger charge is -2.25. The number of guanidine groups is 1. The first-order valence-corrected chi connectivity index (χ1v) is 11.2. The van der Waals surface area contributed by atoms with Gasteiger partial charge in [-0.25, -0.2) is 9.98 Å². The molecule has 0 spiro atoms. The normalized spacial score (nSPS) is 12.8. The van der Waals surface area contributed by atoms with E-state index in [-0.39, 0.29) is 24.0 Å². The van der Waals surface area contributed by atoms with E-state index in [4.69, 9.17) is 9.47 Å². The standard InChI is InChI=1S/C26H32N4O3.HI/c1-4-27-25(30-19-26(3,31)21-11-7-6-8-12-21)29-18-20-15-16-24(28-17-20)33-23-14-10-9-13-22(23)32-5-2;/h6-17,31H,4-5,18-19H2,1-3H3,(H2,27,29,30);1H. The van der Waals surface area contributed by atoms with Crippen molar-refractivity contribution in [2.24, 2.45) is 4.99 Å². The molecule has 7 nitrogen and oxygen atoms in total. The molecule has 0 radical (unpaired) electrons. The molecular weight excluding hydrogens is 543 g/mol. The lowest BCUT2D eigenvalue weighted by molar-refractivity contribution is 0.0617. The number of hydrogen-bond donors (Lipinski definition) is 3. The van der Waals surface area contributed by atoms with Crippen molar-refractivity contribution in [2.75, 3.05) is 19.7 Å². The summed E-state index contributed by atoms with van der Waals surface area (Å²) < 4.78 is 11.5. The second-order valence-electron chi connectivity index (χ2n) is 7.68. The van der Waals surface area contributed by atoms with Gasteiger partial charge in [0.1, 0.15) is 5.60 Å². The van der Waals surface area contributed by atoms with Crippen LogP contribution in [0.1, 0.15) is 31.9 Å². The Morgan fingerprint density at radius 3 is 2.32 bits per heavy atom. The van der Waals surface area contributed by atoms with Crippen LogP contribution in [0, 0.1) is 0 Å². The van der Waals surface area contributed by atoms with Crippen LogP contribution >= 0.6 is 24.0 Å². The van der Waals surface area contributed by atoms with Crippen LogP contribution in [0.5, 0.6) is 17.4 Å². The van der Waals surface area contributed by atoms with Gasteiger partial charge in [0.05, 0.1) is 19.7 Å². The van der Waals surface area contributed by atoms with E-state index in [0.717, 1.165) is 11.1 Å². The molecule has 0 fully saturated rings. The summed E-state index contributed by atoms with van der Waals surface area (Å²) in [6, 6.07) is 20.8. The first-order chi connectivity index (χ1) is 16.0. The third kappa shape index (κ3) is 8.18. The number of nitrogens with one attached hydrogen (secondary N) is 2. The molecule has 0 saturated heterocycles. The van der Waals surface area contributed by atoms with Gasteiger partial charge in [-0.05, 0) is 44.0 Å². The van der Waals surface area contributed by atoms with Crippen LogP contribution in [0.25, 0.3) is 0 Å². The number of para-hydroxylation sites is 2. The van der Waals surface area contributed by atoms with Gasteiger partial charge in [-0.1, -0.05) is 48.5 Å². The Labute approximate surface area is 218 Å². The van der Waals surface area contributed by atoms with Crippen LogP contribution in [0.3, 0.4) is 0 Å². The van der Waals surface area contributed by atoms with Gasteiger partial charge in [-0.2, -0.15) is 0 Å². The summed E-state index contributed by atoms with van der Waals surface area (Å²) in [7, 11) is 0. The molecule has 0 aliphatic carbocycles. The minimum atomic E-state index is -1.02. The summed E-state index contributed by atoms with van der Waals surface area (Å²) in [5.74, 6) is 2.42. The third-order valence-electron chi connectivity index (χ3n) is 4.92. The second kappa shape index (κ2) is 13.8. The average molecular weight is 576 g/mol. The summed E-state index contributed by atoms with van der Waals surface area (Å²) in [4.78, 5) is 9.01. The number of aromatic nitrogens is 1. The molecule has 1 aromatic heterocycles. The summed E-state index contributed by atoms with van der Waals surface area (Å²) >= 11 is 0. The van der Waals surface area contributed by atoms with Crippen molar-refractivity contribution in [3.63, 3.8) is 0 Å². The fourth-order valence-corrected chi connectivity index (χ4v) is 3.15. The van der Waals surface area contributed by atoms with E-state index in [1.807, 2.05) is 80.6 Å². The minimum Gasteiger partial charge on any atom is -0.490 e. The van der Waals surface area contributed by atoms with Gasteiger partial charge < -0.3 is 25.2 Å². The Morgan fingerprint density at radius 2 is 1.68 bits per heavy atom. The van der Waals surface area contributed by atoms with E-state index in [1.165, 1.54) is 0 Å². The van der Waals surface area contributed by atoms with Gasteiger partial charge >= 0.3 is 0 Å². The highest BCUT2D eigenvalue weighted by atomic mass is 127. The van der Waals surface area contributed by atoms with Crippen LogP contribution < -0.4 is 20.1 Å². The van der Waals surface area contributed by atoms with Crippen LogP contribution in [-0.4, -0.2) is 35.7 Å². The highest BCUT2D eigenvalue weighted by Gasteiger charge is 2.22. The molecule has 0 aliphatic rings. The Balaban J connectivity index is 0.00000408. The number of pyridine rings is 1. The van der Waals surface area contributed by atoms with Crippen molar-refractivity contribution < 1.29 is 14.6 Å². The summed E-state index contributed by atoms with van der Waals surface area (Å²) in [5, 5.41) is 17.2. The van der Waals surface area contributed by atoms with Crippen LogP contribution in [-0.2, 0) is 12.1 Å². The van der Waals surface area contributed by atoms with Gasteiger partial charge in [0.15, 0.2) is 17.5 Å². The highest BCUT2D eigenvalue weighted by Crippen LogP contribution is 2.30. The van der Waals surface area contributed by atoms with Gasteiger partial charge in [-0.15, -0.1) is 24.0 Å². The SMILES string of the molecule is CCNC(=NCc1ccc(Oc2ccccc2OCC)nc1)NCC(C)(O)c1ccccc1.I. The lowest BCUT2D eigenvalue weighted by atomic mass is 9.96. The molecule has 3 N–H and O–H groups in total. The monoisotopic (exact) mass is 576 g/mol.